The molecular weight excluding hydrogens is 1150 g/mol. The van der Waals surface area contributed by atoms with E-state index in [4.69, 9.17) is 9.05 Å². The summed E-state index contributed by atoms with van der Waals surface area (Å²) in [4.78, 5) is 23.5. The number of rotatable bonds is 75. The molecule has 0 spiro atoms. The van der Waals surface area contributed by atoms with E-state index in [2.05, 4.69) is 79.9 Å². The van der Waals surface area contributed by atoms with Crippen molar-refractivity contribution in [3.8, 4) is 0 Å². The van der Waals surface area contributed by atoms with Crippen molar-refractivity contribution in [3.05, 3.63) is 72.9 Å². The van der Waals surface area contributed by atoms with Crippen LogP contribution in [0.2, 0.25) is 0 Å². The standard InChI is InChI=1S/C83H157N2O6P/c1-6-8-10-12-14-16-18-20-22-24-26-28-30-32-34-36-37-38-39-40-41-42-43-44-45-46-47-49-51-53-55-57-59-61-63-65-67-69-71-73-75-77-83(87)84-81(80-91-92(88,89)90-79-78-85(3,4)5)82(86)76-74-72-70-68-66-64-62-60-58-56-54-52-50-48-35-33-31-29-27-25-23-21-19-17-15-13-11-9-7-2/h8,10,14,16,20,22,26,28,66,68,74,76,81-82,86H,6-7,9,11-13,15,17-19,21,23-25,27,29-65,67,69-73,75,77-80H2,1-5H3,(H-,84,87,88,89)/p+1/b10-8-,16-14-,22-20-,28-26-,68-66+,76-74+. The zero-order valence-electron chi connectivity index (χ0n) is 62.1. The van der Waals surface area contributed by atoms with Gasteiger partial charge in [0.25, 0.3) is 0 Å². The highest BCUT2D eigenvalue weighted by molar-refractivity contribution is 7.47. The maximum Gasteiger partial charge on any atom is 0.472 e. The van der Waals surface area contributed by atoms with Crippen molar-refractivity contribution >= 4 is 13.7 Å². The molecule has 0 heterocycles. The number of quaternary nitrogens is 1. The summed E-state index contributed by atoms with van der Waals surface area (Å²) in [6.45, 7) is 4.74. The van der Waals surface area contributed by atoms with Gasteiger partial charge >= 0.3 is 7.82 Å². The van der Waals surface area contributed by atoms with Crippen molar-refractivity contribution in [3.63, 3.8) is 0 Å². The summed E-state index contributed by atoms with van der Waals surface area (Å²) in [5.41, 5.74) is 0. The molecule has 3 unspecified atom stereocenters. The van der Waals surface area contributed by atoms with E-state index in [1.807, 2.05) is 27.2 Å². The highest BCUT2D eigenvalue weighted by Crippen LogP contribution is 2.43. The summed E-state index contributed by atoms with van der Waals surface area (Å²) in [6.07, 6.45) is 104. The molecule has 8 nitrogen and oxygen atoms in total. The maximum absolute atomic E-state index is 13.1. The number of carbonyl (C=O) groups excluding carboxylic acids is 1. The van der Waals surface area contributed by atoms with E-state index in [9.17, 15) is 19.4 Å². The molecule has 3 atom stereocenters. The topological polar surface area (TPSA) is 105 Å². The second kappa shape index (κ2) is 73.2. The van der Waals surface area contributed by atoms with Crippen LogP contribution in [-0.4, -0.2) is 73.4 Å². The first kappa shape index (κ1) is 89.9. The van der Waals surface area contributed by atoms with Crippen LogP contribution in [0.25, 0.3) is 0 Å². The Kier molecular flexibility index (Phi) is 71.6. The summed E-state index contributed by atoms with van der Waals surface area (Å²) < 4.78 is 23.9. The number of aliphatic hydroxyl groups excluding tert-OH is 1. The number of nitrogens with zero attached hydrogens (tertiary/aromatic N) is 1. The largest absolute Gasteiger partial charge is 0.472 e. The Bertz CT molecular complexity index is 1730. The van der Waals surface area contributed by atoms with Gasteiger partial charge in [0, 0.05) is 6.42 Å². The average Bonchev–Trinajstić information content (AvgIpc) is 2.63. The minimum absolute atomic E-state index is 0.0572. The lowest BCUT2D eigenvalue weighted by Gasteiger charge is -2.25. The monoisotopic (exact) mass is 1310 g/mol. The minimum Gasteiger partial charge on any atom is -0.387 e. The number of hydrogen-bond donors (Lipinski definition) is 3. The molecule has 0 saturated heterocycles. The Balaban J connectivity index is 3.94. The number of aliphatic hydroxyl groups is 1. The van der Waals surface area contributed by atoms with Crippen LogP contribution in [0.1, 0.15) is 399 Å². The highest BCUT2D eigenvalue weighted by Gasteiger charge is 2.28. The Morgan fingerprint density at radius 2 is 0.663 bits per heavy atom. The van der Waals surface area contributed by atoms with E-state index in [1.165, 1.54) is 315 Å². The first-order valence-electron chi connectivity index (χ1n) is 40.3. The summed E-state index contributed by atoms with van der Waals surface area (Å²) in [7, 11) is 1.57. The number of amides is 1. The SMILES string of the molecule is CC/C=C\C/C=C\C/C=C\C/C=C\CCCCCCCCCCCCCCCCCCCCCCCCCCCCCCC(=O)NC(COP(=O)(O)OCC[N+](C)(C)C)C(O)/C=C/CC/C=C/CCCCCCCCCCCCCCCCCCCCCCCCC. The zero-order chi connectivity index (χ0) is 66.9. The van der Waals surface area contributed by atoms with Gasteiger partial charge in [-0.25, -0.2) is 4.57 Å². The van der Waals surface area contributed by atoms with E-state index in [0.717, 1.165) is 64.2 Å². The molecule has 9 heteroatoms. The first-order valence-corrected chi connectivity index (χ1v) is 41.8. The lowest BCUT2D eigenvalue weighted by molar-refractivity contribution is -0.870. The molecular formula is C83H158N2O6P+. The van der Waals surface area contributed by atoms with Crippen molar-refractivity contribution in [1.82, 2.24) is 5.32 Å². The number of carbonyl (C=O) groups is 1. The van der Waals surface area contributed by atoms with Crippen molar-refractivity contribution < 1.29 is 32.9 Å². The lowest BCUT2D eigenvalue weighted by Crippen LogP contribution is -2.45. The third-order valence-electron chi connectivity index (χ3n) is 18.4. The van der Waals surface area contributed by atoms with E-state index in [1.54, 1.807) is 6.08 Å². The summed E-state index contributed by atoms with van der Waals surface area (Å²) in [5.74, 6) is -0.179. The number of unbranched alkanes of at least 4 members (excludes halogenated alkanes) is 52. The Morgan fingerprint density at radius 1 is 0.380 bits per heavy atom. The fourth-order valence-corrected chi connectivity index (χ4v) is 13.0. The molecule has 0 fully saturated rings. The molecule has 0 bridgehead atoms. The van der Waals surface area contributed by atoms with Gasteiger partial charge in [-0.2, -0.15) is 0 Å². The Hall–Kier alpha value is -2.06. The average molecular weight is 1310 g/mol. The lowest BCUT2D eigenvalue weighted by atomic mass is 10.0. The predicted octanol–water partition coefficient (Wildman–Crippen LogP) is 26.5. The van der Waals surface area contributed by atoms with Gasteiger partial charge in [0.1, 0.15) is 13.2 Å². The minimum atomic E-state index is -4.37. The molecule has 540 valence electrons. The van der Waals surface area contributed by atoms with Gasteiger partial charge in [-0.15, -0.1) is 0 Å². The van der Waals surface area contributed by atoms with E-state index in [-0.39, 0.29) is 19.1 Å². The van der Waals surface area contributed by atoms with Crippen LogP contribution in [-0.2, 0) is 18.4 Å². The van der Waals surface area contributed by atoms with E-state index >= 15 is 0 Å². The van der Waals surface area contributed by atoms with Crippen molar-refractivity contribution in [2.75, 3.05) is 40.9 Å². The van der Waals surface area contributed by atoms with Gasteiger partial charge in [0.2, 0.25) is 5.91 Å². The molecule has 0 aliphatic heterocycles. The summed E-state index contributed by atoms with van der Waals surface area (Å²) in [6, 6.07) is -0.866. The first-order chi connectivity index (χ1) is 45.0. The second-order valence-electron chi connectivity index (χ2n) is 28.8. The number of phosphoric acid groups is 1. The molecule has 0 saturated carbocycles. The fraction of sp³-hybridized carbons (Fsp3) is 0.843. The molecule has 0 aromatic carbocycles. The van der Waals surface area contributed by atoms with Crippen LogP contribution >= 0.6 is 7.82 Å². The van der Waals surface area contributed by atoms with Gasteiger partial charge in [0.15, 0.2) is 0 Å². The van der Waals surface area contributed by atoms with Crippen LogP contribution in [0.15, 0.2) is 72.9 Å². The summed E-state index contributed by atoms with van der Waals surface area (Å²) in [5, 5.41) is 14.0. The van der Waals surface area contributed by atoms with Gasteiger partial charge in [-0.3, -0.25) is 13.8 Å². The summed E-state index contributed by atoms with van der Waals surface area (Å²) >= 11 is 0. The number of phosphoric ester groups is 1. The smallest absolute Gasteiger partial charge is 0.387 e. The third kappa shape index (κ3) is 75.3. The molecule has 0 radical (unpaired) electrons. The number of likely N-dealkylation sites (N-methyl/N-ethyl adjacent to an activating group) is 1. The molecule has 3 N–H and O–H groups in total. The Morgan fingerprint density at radius 3 is 1.00 bits per heavy atom. The highest BCUT2D eigenvalue weighted by atomic mass is 31.2. The quantitative estimate of drug-likeness (QED) is 0.0243. The molecule has 92 heavy (non-hydrogen) atoms. The van der Waals surface area contributed by atoms with Gasteiger partial charge < -0.3 is 19.8 Å². The molecule has 0 aromatic rings. The van der Waals surface area contributed by atoms with Gasteiger partial charge in [-0.05, 0) is 70.6 Å². The van der Waals surface area contributed by atoms with Crippen LogP contribution in [0.4, 0.5) is 0 Å². The molecule has 0 aliphatic rings. The van der Waals surface area contributed by atoms with E-state index in [0.29, 0.717) is 17.4 Å². The number of allylic oxidation sites excluding steroid dienone is 11. The molecule has 0 aliphatic carbocycles. The Labute approximate surface area is 574 Å². The number of hydrogen-bond acceptors (Lipinski definition) is 5. The van der Waals surface area contributed by atoms with Crippen LogP contribution < -0.4 is 5.32 Å². The molecule has 0 aromatic heterocycles. The fourth-order valence-electron chi connectivity index (χ4n) is 12.2. The van der Waals surface area contributed by atoms with Gasteiger partial charge in [-0.1, -0.05) is 395 Å². The van der Waals surface area contributed by atoms with Crippen molar-refractivity contribution in [2.45, 2.75) is 411 Å². The zero-order valence-corrected chi connectivity index (χ0v) is 62.9. The molecule has 0 rings (SSSR count). The second-order valence-corrected chi connectivity index (χ2v) is 30.2. The van der Waals surface area contributed by atoms with Crippen LogP contribution in [0, 0.1) is 0 Å². The molecule has 1 amide bonds. The van der Waals surface area contributed by atoms with Crippen LogP contribution in [0.5, 0.6) is 0 Å². The normalized spacial score (nSPS) is 13.9. The maximum atomic E-state index is 13.1. The van der Waals surface area contributed by atoms with Crippen molar-refractivity contribution in [2.24, 2.45) is 0 Å². The third-order valence-corrected chi connectivity index (χ3v) is 19.4. The van der Waals surface area contributed by atoms with E-state index < -0.39 is 20.0 Å². The van der Waals surface area contributed by atoms with Gasteiger partial charge in [0.05, 0.1) is 39.9 Å². The predicted molar refractivity (Wildman–Crippen MR) is 406 cm³/mol. The van der Waals surface area contributed by atoms with Crippen LogP contribution in [0.3, 0.4) is 0 Å². The number of nitrogens with one attached hydrogen (secondary N) is 1. The van der Waals surface area contributed by atoms with Crippen molar-refractivity contribution in [1.29, 1.82) is 0 Å².